The summed E-state index contributed by atoms with van der Waals surface area (Å²) in [5.74, 6) is 1.21. The van der Waals surface area contributed by atoms with Crippen LogP contribution in [-0.4, -0.2) is 16.1 Å². The number of hydrogen-bond acceptors (Lipinski definition) is 2. The van der Waals surface area contributed by atoms with E-state index in [0.29, 0.717) is 6.04 Å². The van der Waals surface area contributed by atoms with E-state index in [1.54, 1.807) is 0 Å². The van der Waals surface area contributed by atoms with E-state index in [1.165, 1.54) is 50.8 Å². The van der Waals surface area contributed by atoms with Gasteiger partial charge in [0, 0.05) is 18.9 Å². The SMILES string of the molecule is CCCCCCCC(NCCC)c1nccn1CC. The van der Waals surface area contributed by atoms with Gasteiger partial charge in [-0.25, -0.2) is 4.98 Å². The van der Waals surface area contributed by atoms with Gasteiger partial charge in [0.1, 0.15) is 5.82 Å². The summed E-state index contributed by atoms with van der Waals surface area (Å²) in [5.41, 5.74) is 0. The van der Waals surface area contributed by atoms with Gasteiger partial charge < -0.3 is 9.88 Å². The molecule has 0 bridgehead atoms. The molecule has 110 valence electrons. The van der Waals surface area contributed by atoms with Crippen molar-refractivity contribution in [1.29, 1.82) is 0 Å². The summed E-state index contributed by atoms with van der Waals surface area (Å²) in [4.78, 5) is 4.56. The smallest absolute Gasteiger partial charge is 0.125 e. The Morgan fingerprint density at radius 2 is 1.89 bits per heavy atom. The minimum atomic E-state index is 0.427. The molecule has 0 aliphatic rings. The molecule has 1 heterocycles. The number of hydrogen-bond donors (Lipinski definition) is 1. The summed E-state index contributed by atoms with van der Waals surface area (Å²) < 4.78 is 2.26. The summed E-state index contributed by atoms with van der Waals surface area (Å²) in [6.45, 7) is 8.76. The molecule has 3 nitrogen and oxygen atoms in total. The third kappa shape index (κ3) is 5.77. The van der Waals surface area contributed by atoms with Gasteiger partial charge in [-0.3, -0.25) is 0 Å². The standard InChI is InChI=1S/C16H31N3/c1-4-7-8-9-10-11-15(17-12-5-2)16-18-13-14-19(16)6-3/h13-15,17H,4-12H2,1-3H3. The molecule has 0 saturated heterocycles. The Hall–Kier alpha value is -0.830. The number of nitrogens with one attached hydrogen (secondary N) is 1. The lowest BCUT2D eigenvalue weighted by atomic mass is 10.1. The number of aryl methyl sites for hydroxylation is 1. The number of nitrogens with zero attached hydrogens (tertiary/aromatic N) is 2. The summed E-state index contributed by atoms with van der Waals surface area (Å²) in [5, 5.41) is 3.65. The third-order valence-electron chi connectivity index (χ3n) is 3.64. The predicted octanol–water partition coefficient (Wildman–Crippen LogP) is 4.30. The third-order valence-corrected chi connectivity index (χ3v) is 3.64. The molecule has 1 unspecified atom stereocenters. The molecule has 3 heteroatoms. The van der Waals surface area contributed by atoms with Crippen LogP contribution in [0, 0.1) is 0 Å². The zero-order valence-corrected chi connectivity index (χ0v) is 13.0. The largest absolute Gasteiger partial charge is 0.334 e. The summed E-state index contributed by atoms with van der Waals surface area (Å²) in [6, 6.07) is 0.427. The molecular weight excluding hydrogens is 234 g/mol. The number of aromatic nitrogens is 2. The molecule has 1 atom stereocenters. The Kier molecular flexibility index (Phi) is 8.55. The van der Waals surface area contributed by atoms with E-state index in [1.807, 2.05) is 6.20 Å². The average molecular weight is 265 g/mol. The maximum atomic E-state index is 4.56. The lowest BCUT2D eigenvalue weighted by Crippen LogP contribution is -2.25. The highest BCUT2D eigenvalue weighted by atomic mass is 15.1. The molecule has 0 fully saturated rings. The minimum Gasteiger partial charge on any atom is -0.334 e. The van der Waals surface area contributed by atoms with E-state index in [9.17, 15) is 0 Å². The van der Waals surface area contributed by atoms with Crippen molar-refractivity contribution >= 4 is 0 Å². The van der Waals surface area contributed by atoms with Crippen molar-refractivity contribution in [2.75, 3.05) is 6.54 Å². The first kappa shape index (κ1) is 16.2. The van der Waals surface area contributed by atoms with Crippen LogP contribution in [0.2, 0.25) is 0 Å². The highest BCUT2D eigenvalue weighted by molar-refractivity contribution is 4.99. The molecule has 1 aromatic rings. The van der Waals surface area contributed by atoms with Crippen molar-refractivity contribution in [2.24, 2.45) is 0 Å². The van der Waals surface area contributed by atoms with Gasteiger partial charge in [0.25, 0.3) is 0 Å². The van der Waals surface area contributed by atoms with Crippen LogP contribution in [0.25, 0.3) is 0 Å². The van der Waals surface area contributed by atoms with E-state index in [4.69, 9.17) is 0 Å². The number of imidazole rings is 1. The van der Waals surface area contributed by atoms with E-state index in [-0.39, 0.29) is 0 Å². The lowest BCUT2D eigenvalue weighted by molar-refractivity contribution is 0.435. The molecule has 1 rings (SSSR count). The second kappa shape index (κ2) is 10.0. The quantitative estimate of drug-likeness (QED) is 0.604. The summed E-state index contributed by atoms with van der Waals surface area (Å²) in [7, 11) is 0. The predicted molar refractivity (Wildman–Crippen MR) is 82.3 cm³/mol. The summed E-state index contributed by atoms with van der Waals surface area (Å²) in [6.07, 6.45) is 13.1. The topological polar surface area (TPSA) is 29.9 Å². The van der Waals surface area contributed by atoms with E-state index in [0.717, 1.165) is 13.1 Å². The first-order chi connectivity index (χ1) is 9.33. The molecular formula is C16H31N3. The van der Waals surface area contributed by atoms with Crippen molar-refractivity contribution in [2.45, 2.75) is 78.3 Å². The van der Waals surface area contributed by atoms with Crippen molar-refractivity contribution < 1.29 is 0 Å². The van der Waals surface area contributed by atoms with Crippen LogP contribution in [0.1, 0.15) is 77.6 Å². The van der Waals surface area contributed by atoms with E-state index >= 15 is 0 Å². The first-order valence-corrected chi connectivity index (χ1v) is 8.07. The highest BCUT2D eigenvalue weighted by Gasteiger charge is 2.15. The number of rotatable bonds is 11. The second-order valence-corrected chi connectivity index (χ2v) is 5.28. The van der Waals surface area contributed by atoms with Crippen LogP contribution in [0.15, 0.2) is 12.4 Å². The van der Waals surface area contributed by atoms with Gasteiger partial charge in [-0.2, -0.15) is 0 Å². The van der Waals surface area contributed by atoms with Crippen molar-refractivity contribution in [3.8, 4) is 0 Å². The van der Waals surface area contributed by atoms with Crippen LogP contribution in [0.5, 0.6) is 0 Å². The molecule has 1 N–H and O–H groups in total. The molecule has 0 saturated carbocycles. The van der Waals surface area contributed by atoms with Crippen molar-refractivity contribution in [3.63, 3.8) is 0 Å². The van der Waals surface area contributed by atoms with Crippen LogP contribution in [-0.2, 0) is 6.54 Å². The zero-order chi connectivity index (χ0) is 13.9. The van der Waals surface area contributed by atoms with Gasteiger partial charge in [-0.15, -0.1) is 0 Å². The monoisotopic (exact) mass is 265 g/mol. The van der Waals surface area contributed by atoms with Crippen molar-refractivity contribution in [3.05, 3.63) is 18.2 Å². The Bertz CT molecular complexity index is 320. The molecule has 1 aromatic heterocycles. The van der Waals surface area contributed by atoms with Crippen LogP contribution in [0.3, 0.4) is 0 Å². The molecule has 0 aliphatic heterocycles. The zero-order valence-electron chi connectivity index (χ0n) is 13.0. The van der Waals surface area contributed by atoms with Crippen molar-refractivity contribution in [1.82, 2.24) is 14.9 Å². The Morgan fingerprint density at radius 3 is 2.58 bits per heavy atom. The Labute approximate surface area is 118 Å². The fourth-order valence-electron chi connectivity index (χ4n) is 2.49. The highest BCUT2D eigenvalue weighted by Crippen LogP contribution is 2.19. The normalized spacial score (nSPS) is 12.8. The van der Waals surface area contributed by atoms with Gasteiger partial charge in [-0.05, 0) is 26.3 Å². The Balaban J connectivity index is 2.47. The minimum absolute atomic E-state index is 0.427. The van der Waals surface area contributed by atoms with Crippen LogP contribution < -0.4 is 5.32 Å². The molecule has 19 heavy (non-hydrogen) atoms. The van der Waals surface area contributed by atoms with Gasteiger partial charge in [0.2, 0.25) is 0 Å². The Morgan fingerprint density at radius 1 is 1.11 bits per heavy atom. The maximum absolute atomic E-state index is 4.56. The average Bonchev–Trinajstić information content (AvgIpc) is 2.90. The molecule has 0 spiro atoms. The molecule has 0 aromatic carbocycles. The van der Waals surface area contributed by atoms with Gasteiger partial charge in [0.05, 0.1) is 6.04 Å². The van der Waals surface area contributed by atoms with E-state index < -0.39 is 0 Å². The van der Waals surface area contributed by atoms with Crippen LogP contribution in [0.4, 0.5) is 0 Å². The number of unbranched alkanes of at least 4 members (excludes halogenated alkanes) is 4. The molecule has 0 amide bonds. The van der Waals surface area contributed by atoms with E-state index in [2.05, 4.69) is 41.8 Å². The van der Waals surface area contributed by atoms with Gasteiger partial charge in [-0.1, -0.05) is 46.0 Å². The van der Waals surface area contributed by atoms with Gasteiger partial charge >= 0.3 is 0 Å². The first-order valence-electron chi connectivity index (χ1n) is 8.07. The van der Waals surface area contributed by atoms with Crippen LogP contribution >= 0.6 is 0 Å². The molecule has 0 aliphatic carbocycles. The molecule has 0 radical (unpaired) electrons. The lowest BCUT2D eigenvalue weighted by Gasteiger charge is -2.19. The maximum Gasteiger partial charge on any atom is 0.125 e. The summed E-state index contributed by atoms with van der Waals surface area (Å²) >= 11 is 0. The van der Waals surface area contributed by atoms with Gasteiger partial charge in [0.15, 0.2) is 0 Å². The second-order valence-electron chi connectivity index (χ2n) is 5.28. The fourth-order valence-corrected chi connectivity index (χ4v) is 2.49. The fraction of sp³-hybridized carbons (Fsp3) is 0.812.